The number of furan rings is 1. The number of hydrogen-bond acceptors (Lipinski definition) is 6. The van der Waals surface area contributed by atoms with E-state index in [4.69, 9.17) is 8.83 Å². The number of hydrogen-bond donors (Lipinski definition) is 1. The average Bonchev–Trinajstić information content (AvgIpc) is 3.56. The minimum atomic E-state index is -0.112. The fourth-order valence-electron chi connectivity index (χ4n) is 4.30. The van der Waals surface area contributed by atoms with Crippen LogP contribution in [0.1, 0.15) is 29.7 Å². The van der Waals surface area contributed by atoms with Gasteiger partial charge in [0.25, 0.3) is 5.89 Å². The first-order chi connectivity index (χ1) is 16.7. The van der Waals surface area contributed by atoms with Gasteiger partial charge in [0.05, 0.1) is 6.26 Å². The molecule has 0 radical (unpaired) electrons. The highest BCUT2D eigenvalue weighted by Gasteiger charge is 2.29. The van der Waals surface area contributed by atoms with Crippen molar-refractivity contribution in [3.63, 3.8) is 0 Å². The minimum Gasteiger partial charge on any atom is -0.459 e. The number of para-hydroxylation sites is 1. The Morgan fingerprint density at radius 2 is 1.82 bits per heavy atom. The van der Waals surface area contributed by atoms with Crippen LogP contribution in [0.5, 0.6) is 0 Å². The molecule has 7 nitrogen and oxygen atoms in total. The van der Waals surface area contributed by atoms with E-state index in [1.54, 1.807) is 12.1 Å². The number of piperidine rings is 1. The summed E-state index contributed by atoms with van der Waals surface area (Å²) < 4.78 is 11.2. The fourth-order valence-corrected chi connectivity index (χ4v) is 4.30. The number of nitrogens with one attached hydrogen (secondary N) is 1. The molecule has 0 spiro atoms. The highest BCUT2D eigenvalue weighted by Crippen LogP contribution is 2.31. The van der Waals surface area contributed by atoms with Crippen LogP contribution in [0, 0.1) is 17.2 Å². The average molecular weight is 453 g/mol. The van der Waals surface area contributed by atoms with Crippen LogP contribution in [0.2, 0.25) is 0 Å². The fraction of sp³-hybridized carbons (Fsp3) is 0.222. The van der Waals surface area contributed by atoms with Crippen molar-refractivity contribution in [1.82, 2.24) is 4.98 Å². The topological polar surface area (TPSA) is 95.3 Å². The van der Waals surface area contributed by atoms with Gasteiger partial charge in [-0.15, -0.1) is 0 Å². The van der Waals surface area contributed by atoms with Gasteiger partial charge in [-0.05, 0) is 48.6 Å². The van der Waals surface area contributed by atoms with Crippen molar-refractivity contribution in [2.24, 2.45) is 5.92 Å². The molecular formula is C27H24N4O3. The number of anilines is 2. The normalized spacial score (nSPS) is 14.0. The Hall–Kier alpha value is -4.31. The van der Waals surface area contributed by atoms with Crippen molar-refractivity contribution in [1.29, 1.82) is 5.26 Å². The van der Waals surface area contributed by atoms with E-state index in [9.17, 15) is 10.1 Å². The molecule has 3 heterocycles. The number of benzene rings is 2. The van der Waals surface area contributed by atoms with Gasteiger partial charge in [-0.1, -0.05) is 48.5 Å². The Balaban J connectivity index is 1.23. The molecule has 1 fully saturated rings. The predicted octanol–water partition coefficient (Wildman–Crippen LogP) is 5.25. The van der Waals surface area contributed by atoms with Crippen LogP contribution in [-0.4, -0.2) is 24.0 Å². The van der Waals surface area contributed by atoms with Gasteiger partial charge in [-0.2, -0.15) is 10.2 Å². The first-order valence-corrected chi connectivity index (χ1v) is 11.3. The van der Waals surface area contributed by atoms with Crippen molar-refractivity contribution in [2.75, 3.05) is 23.3 Å². The summed E-state index contributed by atoms with van der Waals surface area (Å²) in [7, 11) is 0. The van der Waals surface area contributed by atoms with E-state index in [0.717, 1.165) is 17.7 Å². The van der Waals surface area contributed by atoms with E-state index in [1.165, 1.54) is 11.8 Å². The quantitative estimate of drug-likeness (QED) is 0.429. The Kier molecular flexibility index (Phi) is 6.13. The number of carbonyl (C=O) groups excluding carboxylic acids is 1. The maximum Gasteiger partial charge on any atom is 0.266 e. The molecule has 0 bridgehead atoms. The molecule has 34 heavy (non-hydrogen) atoms. The summed E-state index contributed by atoms with van der Waals surface area (Å²) in [6.07, 6.45) is 3.62. The van der Waals surface area contributed by atoms with E-state index >= 15 is 0 Å². The first-order valence-electron chi connectivity index (χ1n) is 11.3. The third-order valence-electron chi connectivity index (χ3n) is 6.11. The number of amides is 1. The summed E-state index contributed by atoms with van der Waals surface area (Å²) >= 11 is 0. The zero-order chi connectivity index (χ0) is 23.3. The molecule has 1 amide bonds. The largest absolute Gasteiger partial charge is 0.459 e. The maximum absolute atomic E-state index is 13.1. The van der Waals surface area contributed by atoms with E-state index in [-0.39, 0.29) is 23.4 Å². The van der Waals surface area contributed by atoms with E-state index < -0.39 is 0 Å². The molecule has 1 saturated heterocycles. The number of aromatic nitrogens is 1. The summed E-state index contributed by atoms with van der Waals surface area (Å²) in [6.45, 7) is 1.20. The number of rotatable bonds is 6. The molecule has 1 N–H and O–H groups in total. The molecule has 2 aromatic heterocycles. The molecule has 0 atom stereocenters. The molecule has 170 valence electrons. The van der Waals surface area contributed by atoms with Gasteiger partial charge >= 0.3 is 0 Å². The number of carbonyl (C=O) groups is 1. The molecule has 0 unspecified atom stereocenters. The number of nitrogens with zero attached hydrogens (tertiary/aromatic N) is 3. The van der Waals surface area contributed by atoms with Crippen LogP contribution < -0.4 is 10.2 Å². The number of nitriles is 1. The summed E-state index contributed by atoms with van der Waals surface area (Å²) in [5.41, 5.74) is 3.37. The molecule has 2 aromatic carbocycles. The van der Waals surface area contributed by atoms with Crippen LogP contribution >= 0.6 is 0 Å². The zero-order valence-electron chi connectivity index (χ0n) is 18.6. The Morgan fingerprint density at radius 1 is 1.06 bits per heavy atom. The Labute approximate surface area is 197 Å². The van der Waals surface area contributed by atoms with Crippen molar-refractivity contribution >= 4 is 17.5 Å². The molecule has 0 saturated carbocycles. The third-order valence-corrected chi connectivity index (χ3v) is 6.11. The van der Waals surface area contributed by atoms with Gasteiger partial charge in [0, 0.05) is 24.7 Å². The summed E-state index contributed by atoms with van der Waals surface area (Å²) in [5.74, 6) is 1.10. The molecule has 4 aromatic rings. The van der Waals surface area contributed by atoms with E-state index in [1.807, 2.05) is 41.3 Å². The second-order valence-electron chi connectivity index (χ2n) is 8.33. The second-order valence-corrected chi connectivity index (χ2v) is 8.33. The first kappa shape index (κ1) is 21.5. The molecule has 1 aliphatic heterocycles. The monoisotopic (exact) mass is 452 g/mol. The van der Waals surface area contributed by atoms with Crippen molar-refractivity contribution in [3.8, 4) is 17.7 Å². The van der Waals surface area contributed by atoms with Gasteiger partial charge in [0.2, 0.25) is 17.5 Å². The van der Waals surface area contributed by atoms with Crippen LogP contribution in [0.3, 0.4) is 0 Å². The van der Waals surface area contributed by atoms with Crippen molar-refractivity contribution in [2.45, 2.75) is 19.3 Å². The summed E-state index contributed by atoms with van der Waals surface area (Å²) in [4.78, 5) is 19.3. The highest BCUT2D eigenvalue weighted by atomic mass is 16.4. The lowest BCUT2D eigenvalue weighted by molar-refractivity contribution is -0.120. The lowest BCUT2D eigenvalue weighted by Gasteiger charge is -2.31. The molecule has 5 rings (SSSR count). The van der Waals surface area contributed by atoms with Gasteiger partial charge in [0.1, 0.15) is 6.07 Å². The van der Waals surface area contributed by atoms with Crippen molar-refractivity contribution in [3.05, 3.63) is 89.8 Å². The molecule has 0 aliphatic carbocycles. The molecule has 7 heteroatoms. The van der Waals surface area contributed by atoms with Gasteiger partial charge in [0.15, 0.2) is 5.76 Å². The Morgan fingerprint density at radius 3 is 2.56 bits per heavy atom. The molecule has 1 aliphatic rings. The second kappa shape index (κ2) is 9.67. The Bertz CT molecular complexity index is 1300. The SMILES string of the molecule is N#Cc1nc(-c2ccco2)oc1N1CCC(C(=O)Nc2ccccc2Cc2ccccc2)CC1. The van der Waals surface area contributed by atoms with Crippen LogP contribution in [0.4, 0.5) is 11.6 Å². The highest BCUT2D eigenvalue weighted by molar-refractivity contribution is 5.93. The van der Waals surface area contributed by atoms with Gasteiger partial charge in [-0.25, -0.2) is 0 Å². The van der Waals surface area contributed by atoms with Crippen LogP contribution in [0.25, 0.3) is 11.7 Å². The van der Waals surface area contributed by atoms with Crippen molar-refractivity contribution < 1.29 is 13.6 Å². The van der Waals surface area contributed by atoms with Crippen LogP contribution in [-0.2, 0) is 11.2 Å². The predicted molar refractivity (Wildman–Crippen MR) is 128 cm³/mol. The smallest absolute Gasteiger partial charge is 0.266 e. The third kappa shape index (κ3) is 4.57. The molecular weight excluding hydrogens is 428 g/mol. The maximum atomic E-state index is 13.1. The lowest BCUT2D eigenvalue weighted by atomic mass is 9.95. The summed E-state index contributed by atoms with van der Waals surface area (Å²) in [6, 6.07) is 23.7. The van der Waals surface area contributed by atoms with E-state index in [2.05, 4.69) is 34.6 Å². The van der Waals surface area contributed by atoms with E-state index in [0.29, 0.717) is 37.6 Å². The summed E-state index contributed by atoms with van der Waals surface area (Å²) in [5, 5.41) is 12.6. The zero-order valence-corrected chi connectivity index (χ0v) is 18.6. The van der Waals surface area contributed by atoms with Gasteiger partial charge < -0.3 is 19.1 Å². The van der Waals surface area contributed by atoms with Gasteiger partial charge in [-0.3, -0.25) is 4.79 Å². The lowest BCUT2D eigenvalue weighted by Crippen LogP contribution is -2.38. The number of oxazole rings is 1. The van der Waals surface area contributed by atoms with Crippen LogP contribution in [0.15, 0.2) is 81.8 Å². The minimum absolute atomic E-state index is 0.0227. The standard InChI is InChI=1S/C27H24N4O3/c28-18-23-27(34-26(30-23)24-11-6-16-33-24)31-14-12-20(13-15-31)25(32)29-22-10-5-4-9-21(22)17-19-7-2-1-3-8-19/h1-11,16,20H,12-15,17H2,(H,29,32).